The molecule has 0 saturated carbocycles. The van der Waals surface area contributed by atoms with Gasteiger partial charge in [0.1, 0.15) is 6.61 Å². The standard InChI is InChI=1S/C11H22N2O3/c1-15-7-6-13-11(14)9-16-8-10-2-4-12-5-3-10/h10,12H,2-9H2,1H3,(H,13,14). The molecule has 1 aliphatic heterocycles. The van der Waals surface area contributed by atoms with Crippen LogP contribution < -0.4 is 10.6 Å². The SMILES string of the molecule is COCCNC(=O)COCC1CCNCC1. The maximum atomic E-state index is 11.3. The molecular weight excluding hydrogens is 208 g/mol. The van der Waals surface area contributed by atoms with E-state index in [9.17, 15) is 4.79 Å². The van der Waals surface area contributed by atoms with Crippen molar-refractivity contribution in [1.82, 2.24) is 10.6 Å². The lowest BCUT2D eigenvalue weighted by Crippen LogP contribution is -2.33. The lowest BCUT2D eigenvalue weighted by Gasteiger charge is -2.22. The Balaban J connectivity index is 1.94. The van der Waals surface area contributed by atoms with Crippen LogP contribution in [0.25, 0.3) is 0 Å². The van der Waals surface area contributed by atoms with Gasteiger partial charge >= 0.3 is 0 Å². The van der Waals surface area contributed by atoms with Crippen LogP contribution in [0.3, 0.4) is 0 Å². The molecule has 0 unspecified atom stereocenters. The summed E-state index contributed by atoms with van der Waals surface area (Å²) in [6.07, 6.45) is 2.29. The van der Waals surface area contributed by atoms with Crippen molar-refractivity contribution < 1.29 is 14.3 Å². The van der Waals surface area contributed by atoms with Crippen LogP contribution in [0.2, 0.25) is 0 Å². The van der Waals surface area contributed by atoms with Gasteiger partial charge in [-0.15, -0.1) is 0 Å². The first-order valence-electron chi connectivity index (χ1n) is 5.87. The first-order valence-corrected chi connectivity index (χ1v) is 5.87. The van der Waals surface area contributed by atoms with E-state index >= 15 is 0 Å². The number of hydrogen-bond acceptors (Lipinski definition) is 4. The Labute approximate surface area is 96.9 Å². The van der Waals surface area contributed by atoms with Gasteiger partial charge in [0.25, 0.3) is 0 Å². The van der Waals surface area contributed by atoms with Crippen LogP contribution in [0.15, 0.2) is 0 Å². The Kier molecular flexibility index (Phi) is 7.12. The van der Waals surface area contributed by atoms with E-state index in [1.165, 1.54) is 0 Å². The minimum Gasteiger partial charge on any atom is -0.383 e. The number of piperidine rings is 1. The number of hydrogen-bond donors (Lipinski definition) is 2. The first kappa shape index (κ1) is 13.4. The summed E-state index contributed by atoms with van der Waals surface area (Å²) in [5, 5.41) is 6.02. The lowest BCUT2D eigenvalue weighted by molar-refractivity contribution is -0.126. The smallest absolute Gasteiger partial charge is 0.246 e. The lowest BCUT2D eigenvalue weighted by atomic mass is 9.99. The van der Waals surface area contributed by atoms with Crippen LogP contribution in [-0.2, 0) is 14.3 Å². The van der Waals surface area contributed by atoms with Gasteiger partial charge in [-0.05, 0) is 31.8 Å². The molecule has 1 heterocycles. The molecule has 0 aliphatic carbocycles. The molecule has 0 aromatic rings. The van der Waals surface area contributed by atoms with Gasteiger partial charge in [-0.2, -0.15) is 0 Å². The highest BCUT2D eigenvalue weighted by atomic mass is 16.5. The van der Waals surface area contributed by atoms with E-state index < -0.39 is 0 Å². The number of methoxy groups -OCH3 is 1. The molecule has 0 spiro atoms. The molecule has 5 heteroatoms. The second-order valence-corrected chi connectivity index (χ2v) is 4.05. The molecule has 0 bridgehead atoms. The summed E-state index contributed by atoms with van der Waals surface area (Å²) in [6.45, 7) is 4.07. The van der Waals surface area contributed by atoms with Crippen molar-refractivity contribution in [2.24, 2.45) is 5.92 Å². The van der Waals surface area contributed by atoms with Gasteiger partial charge in [0, 0.05) is 13.7 Å². The fourth-order valence-corrected chi connectivity index (χ4v) is 1.71. The van der Waals surface area contributed by atoms with Crippen molar-refractivity contribution in [3.8, 4) is 0 Å². The third-order valence-corrected chi connectivity index (χ3v) is 2.67. The van der Waals surface area contributed by atoms with Crippen LogP contribution in [0, 0.1) is 5.92 Å². The minimum absolute atomic E-state index is 0.0639. The summed E-state index contributed by atoms with van der Waals surface area (Å²) >= 11 is 0. The summed E-state index contributed by atoms with van der Waals surface area (Å²) in [5.74, 6) is 0.541. The highest BCUT2D eigenvalue weighted by Crippen LogP contribution is 2.11. The number of nitrogens with one attached hydrogen (secondary N) is 2. The van der Waals surface area contributed by atoms with Gasteiger partial charge in [-0.1, -0.05) is 0 Å². The Hall–Kier alpha value is -0.650. The van der Waals surface area contributed by atoms with Crippen LogP contribution in [0.4, 0.5) is 0 Å². The average Bonchev–Trinajstić information content (AvgIpc) is 2.31. The van der Waals surface area contributed by atoms with Crippen LogP contribution in [0.5, 0.6) is 0 Å². The summed E-state index contributed by atoms with van der Waals surface area (Å²) in [7, 11) is 1.61. The van der Waals surface area contributed by atoms with Gasteiger partial charge in [0.2, 0.25) is 5.91 Å². The fourth-order valence-electron chi connectivity index (χ4n) is 1.71. The third kappa shape index (κ3) is 6.05. The fraction of sp³-hybridized carbons (Fsp3) is 0.909. The molecule has 1 rings (SSSR count). The second-order valence-electron chi connectivity index (χ2n) is 4.05. The maximum Gasteiger partial charge on any atom is 0.246 e. The number of carbonyl (C=O) groups excluding carboxylic acids is 1. The van der Waals surface area contributed by atoms with Crippen molar-refractivity contribution in [2.45, 2.75) is 12.8 Å². The molecule has 1 fully saturated rings. The van der Waals surface area contributed by atoms with E-state index in [1.54, 1.807) is 7.11 Å². The number of carbonyl (C=O) groups is 1. The number of ether oxygens (including phenoxy) is 2. The highest BCUT2D eigenvalue weighted by Gasteiger charge is 2.13. The molecule has 16 heavy (non-hydrogen) atoms. The predicted molar refractivity (Wildman–Crippen MR) is 61.3 cm³/mol. The Bertz CT molecular complexity index is 194. The zero-order valence-electron chi connectivity index (χ0n) is 9.96. The largest absolute Gasteiger partial charge is 0.383 e. The van der Waals surface area contributed by atoms with E-state index in [-0.39, 0.29) is 12.5 Å². The molecule has 1 amide bonds. The molecule has 0 atom stereocenters. The molecule has 0 aromatic heterocycles. The van der Waals surface area contributed by atoms with E-state index in [1.807, 2.05) is 0 Å². The van der Waals surface area contributed by atoms with Crippen molar-refractivity contribution in [3.63, 3.8) is 0 Å². The summed E-state index contributed by atoms with van der Waals surface area (Å²) in [4.78, 5) is 11.3. The van der Waals surface area contributed by atoms with Gasteiger partial charge < -0.3 is 20.1 Å². The maximum absolute atomic E-state index is 11.3. The highest BCUT2D eigenvalue weighted by molar-refractivity contribution is 5.77. The Morgan fingerprint density at radius 3 is 2.88 bits per heavy atom. The van der Waals surface area contributed by atoms with Crippen LogP contribution >= 0.6 is 0 Å². The molecule has 5 nitrogen and oxygen atoms in total. The topological polar surface area (TPSA) is 59.6 Å². The molecule has 0 aromatic carbocycles. The average molecular weight is 230 g/mol. The zero-order valence-corrected chi connectivity index (χ0v) is 9.96. The van der Waals surface area contributed by atoms with E-state index in [2.05, 4.69) is 10.6 Å². The molecule has 2 N–H and O–H groups in total. The molecule has 1 aliphatic rings. The quantitative estimate of drug-likeness (QED) is 0.593. The van der Waals surface area contributed by atoms with Gasteiger partial charge in [-0.3, -0.25) is 4.79 Å². The third-order valence-electron chi connectivity index (χ3n) is 2.67. The summed E-state index contributed by atoms with van der Waals surface area (Å²) < 4.78 is 10.2. The predicted octanol–water partition coefficient (Wildman–Crippen LogP) is -0.235. The Morgan fingerprint density at radius 1 is 1.44 bits per heavy atom. The first-order chi connectivity index (χ1) is 7.83. The molecule has 0 radical (unpaired) electrons. The second kappa shape index (κ2) is 8.50. The van der Waals surface area contributed by atoms with Crippen molar-refractivity contribution >= 4 is 5.91 Å². The van der Waals surface area contributed by atoms with Crippen molar-refractivity contribution in [3.05, 3.63) is 0 Å². The van der Waals surface area contributed by atoms with E-state index in [0.717, 1.165) is 25.9 Å². The zero-order chi connectivity index (χ0) is 11.6. The molecular formula is C11H22N2O3. The summed E-state index contributed by atoms with van der Waals surface area (Å²) in [6, 6.07) is 0. The van der Waals surface area contributed by atoms with Crippen molar-refractivity contribution in [2.75, 3.05) is 46.6 Å². The van der Waals surface area contributed by atoms with E-state index in [4.69, 9.17) is 9.47 Å². The number of amides is 1. The van der Waals surface area contributed by atoms with Gasteiger partial charge in [0.15, 0.2) is 0 Å². The van der Waals surface area contributed by atoms with Crippen molar-refractivity contribution in [1.29, 1.82) is 0 Å². The molecule has 94 valence electrons. The minimum atomic E-state index is -0.0639. The summed E-state index contributed by atoms with van der Waals surface area (Å²) in [5.41, 5.74) is 0. The normalized spacial score (nSPS) is 17.3. The van der Waals surface area contributed by atoms with Crippen LogP contribution in [-0.4, -0.2) is 52.5 Å². The number of rotatable bonds is 7. The van der Waals surface area contributed by atoms with Crippen LogP contribution in [0.1, 0.15) is 12.8 Å². The van der Waals surface area contributed by atoms with Gasteiger partial charge in [-0.25, -0.2) is 0 Å². The van der Waals surface area contributed by atoms with E-state index in [0.29, 0.717) is 25.7 Å². The molecule has 1 saturated heterocycles. The Morgan fingerprint density at radius 2 is 2.19 bits per heavy atom. The monoisotopic (exact) mass is 230 g/mol. The van der Waals surface area contributed by atoms with Gasteiger partial charge in [0.05, 0.1) is 13.2 Å².